The third kappa shape index (κ3) is 3.21. The minimum Gasteiger partial charge on any atom is -0.493 e. The normalized spacial score (nSPS) is 13.1. The Morgan fingerprint density at radius 1 is 0.920 bits per heavy atom. The molecule has 1 aliphatic carbocycles. The van der Waals surface area contributed by atoms with E-state index in [4.69, 9.17) is 14.2 Å². The molecule has 2 aromatic rings. The molecule has 1 aliphatic rings. The molecule has 132 valence electrons. The summed E-state index contributed by atoms with van der Waals surface area (Å²) in [6.07, 6.45) is 1.34. The zero-order valence-corrected chi connectivity index (χ0v) is 15.2. The molecule has 4 nitrogen and oxygen atoms in total. The van der Waals surface area contributed by atoms with E-state index in [1.807, 2.05) is 30.3 Å². The molecule has 0 aliphatic heterocycles. The second-order valence-electron chi connectivity index (χ2n) is 6.64. The van der Waals surface area contributed by atoms with Crippen LogP contribution < -0.4 is 14.2 Å². The number of fused-ring (bicyclic) bond motifs is 1. The smallest absolute Gasteiger partial charge is 0.204 e. The Morgan fingerprint density at radius 3 is 2.36 bits per heavy atom. The topological polar surface area (TPSA) is 44.8 Å². The molecule has 0 fully saturated rings. The van der Waals surface area contributed by atoms with Gasteiger partial charge in [-0.25, -0.2) is 0 Å². The highest BCUT2D eigenvalue weighted by Gasteiger charge is 2.25. The standard InChI is InChI=1S/C21H24O4/c1-13(2)12-25-21-19(23-3)11-9-17(20(21)24-4)14-6-5-7-16-15(14)8-10-18(16)22/h5-7,9,11,13H,8,10,12H2,1-4H3. The van der Waals surface area contributed by atoms with Gasteiger partial charge in [-0.3, -0.25) is 4.79 Å². The summed E-state index contributed by atoms with van der Waals surface area (Å²) in [5.41, 5.74) is 3.86. The van der Waals surface area contributed by atoms with Crippen molar-refractivity contribution in [1.29, 1.82) is 0 Å². The average molecular weight is 340 g/mol. The lowest BCUT2D eigenvalue weighted by atomic mass is 9.95. The molecule has 0 amide bonds. The first-order chi connectivity index (χ1) is 12.1. The summed E-state index contributed by atoms with van der Waals surface area (Å²) in [4.78, 5) is 12.1. The van der Waals surface area contributed by atoms with Crippen molar-refractivity contribution in [2.45, 2.75) is 26.7 Å². The first-order valence-corrected chi connectivity index (χ1v) is 8.60. The fourth-order valence-corrected chi connectivity index (χ4v) is 3.25. The molecule has 0 atom stereocenters. The van der Waals surface area contributed by atoms with Crippen LogP contribution in [0, 0.1) is 5.92 Å². The highest BCUT2D eigenvalue weighted by molar-refractivity contribution is 6.02. The Labute approximate surface area is 148 Å². The zero-order chi connectivity index (χ0) is 18.0. The van der Waals surface area contributed by atoms with Crippen LogP contribution >= 0.6 is 0 Å². The van der Waals surface area contributed by atoms with Crippen LogP contribution in [0.3, 0.4) is 0 Å². The van der Waals surface area contributed by atoms with Crippen LogP contribution in [-0.4, -0.2) is 26.6 Å². The molecule has 3 rings (SSSR count). The van der Waals surface area contributed by atoms with Crippen molar-refractivity contribution in [2.75, 3.05) is 20.8 Å². The minimum absolute atomic E-state index is 0.209. The third-order valence-electron chi connectivity index (χ3n) is 4.43. The van der Waals surface area contributed by atoms with Crippen LogP contribution in [-0.2, 0) is 6.42 Å². The monoisotopic (exact) mass is 340 g/mol. The van der Waals surface area contributed by atoms with Crippen LogP contribution in [0.2, 0.25) is 0 Å². The van der Waals surface area contributed by atoms with Crippen molar-refractivity contribution in [3.8, 4) is 28.4 Å². The van der Waals surface area contributed by atoms with Crippen LogP contribution in [0.4, 0.5) is 0 Å². The molecule has 0 unspecified atom stereocenters. The largest absolute Gasteiger partial charge is 0.493 e. The summed E-state index contributed by atoms with van der Waals surface area (Å²) in [6, 6.07) is 9.73. The molecule has 4 heteroatoms. The quantitative estimate of drug-likeness (QED) is 0.775. The van der Waals surface area contributed by atoms with Gasteiger partial charge in [-0.05, 0) is 35.6 Å². The van der Waals surface area contributed by atoms with Gasteiger partial charge in [0.1, 0.15) is 0 Å². The molecule has 0 heterocycles. The van der Waals surface area contributed by atoms with E-state index in [0.717, 1.165) is 28.7 Å². The van der Waals surface area contributed by atoms with Crippen molar-refractivity contribution in [1.82, 2.24) is 0 Å². The molecular formula is C21H24O4. The number of benzene rings is 2. The van der Waals surface area contributed by atoms with E-state index in [9.17, 15) is 4.79 Å². The molecule has 2 aromatic carbocycles. The lowest BCUT2D eigenvalue weighted by Crippen LogP contribution is -2.07. The summed E-state index contributed by atoms with van der Waals surface area (Å²) in [6.45, 7) is 4.76. The molecule has 0 saturated heterocycles. The number of rotatable bonds is 6. The lowest BCUT2D eigenvalue weighted by molar-refractivity contribution is 0.0994. The van der Waals surface area contributed by atoms with E-state index in [2.05, 4.69) is 13.8 Å². The van der Waals surface area contributed by atoms with Gasteiger partial charge >= 0.3 is 0 Å². The van der Waals surface area contributed by atoms with Crippen molar-refractivity contribution in [2.24, 2.45) is 5.92 Å². The van der Waals surface area contributed by atoms with Gasteiger partial charge in [0.2, 0.25) is 5.75 Å². The molecule has 0 N–H and O–H groups in total. The van der Waals surface area contributed by atoms with Gasteiger partial charge in [0.15, 0.2) is 17.3 Å². The van der Waals surface area contributed by atoms with Crippen molar-refractivity contribution in [3.05, 3.63) is 41.5 Å². The Bertz CT molecular complexity index is 793. The SMILES string of the molecule is COc1ccc(-c2cccc3c2CCC3=O)c(OC)c1OCC(C)C. The second-order valence-corrected chi connectivity index (χ2v) is 6.64. The fraction of sp³-hybridized carbons (Fsp3) is 0.381. The average Bonchev–Trinajstić information content (AvgIpc) is 3.00. The maximum absolute atomic E-state index is 12.1. The number of hydrogen-bond acceptors (Lipinski definition) is 4. The second kappa shape index (κ2) is 7.18. The van der Waals surface area contributed by atoms with Gasteiger partial charge in [-0.15, -0.1) is 0 Å². The van der Waals surface area contributed by atoms with Crippen LogP contribution in [0.5, 0.6) is 17.2 Å². The van der Waals surface area contributed by atoms with E-state index >= 15 is 0 Å². The number of ketones is 1. The van der Waals surface area contributed by atoms with Gasteiger partial charge in [-0.2, -0.15) is 0 Å². The summed E-state index contributed by atoms with van der Waals surface area (Å²) in [7, 11) is 3.25. The van der Waals surface area contributed by atoms with Gasteiger partial charge in [-0.1, -0.05) is 32.0 Å². The number of methoxy groups -OCH3 is 2. The van der Waals surface area contributed by atoms with Gasteiger partial charge in [0.25, 0.3) is 0 Å². The highest BCUT2D eigenvalue weighted by atomic mass is 16.5. The maximum atomic E-state index is 12.1. The molecule has 0 spiro atoms. The van der Waals surface area contributed by atoms with Crippen molar-refractivity contribution in [3.63, 3.8) is 0 Å². The van der Waals surface area contributed by atoms with Crippen LogP contribution in [0.25, 0.3) is 11.1 Å². The Hall–Kier alpha value is -2.49. The Morgan fingerprint density at radius 2 is 1.68 bits per heavy atom. The van der Waals surface area contributed by atoms with Crippen molar-refractivity contribution >= 4 is 5.78 Å². The van der Waals surface area contributed by atoms with E-state index < -0.39 is 0 Å². The number of hydrogen-bond donors (Lipinski definition) is 0. The highest BCUT2D eigenvalue weighted by Crippen LogP contribution is 2.46. The molecular weight excluding hydrogens is 316 g/mol. The van der Waals surface area contributed by atoms with E-state index in [1.165, 1.54) is 0 Å². The summed E-state index contributed by atoms with van der Waals surface area (Å²) in [5.74, 6) is 2.49. The summed E-state index contributed by atoms with van der Waals surface area (Å²) in [5, 5.41) is 0. The van der Waals surface area contributed by atoms with Crippen molar-refractivity contribution < 1.29 is 19.0 Å². The molecule has 0 radical (unpaired) electrons. The van der Waals surface area contributed by atoms with Crippen LogP contribution in [0.15, 0.2) is 30.3 Å². The van der Waals surface area contributed by atoms with E-state index in [0.29, 0.717) is 36.2 Å². The molecule has 0 saturated carbocycles. The third-order valence-corrected chi connectivity index (χ3v) is 4.43. The number of Topliss-reactive ketones (excluding diaryl/α,β-unsaturated/α-hetero) is 1. The number of carbonyl (C=O) groups excluding carboxylic acids is 1. The Kier molecular flexibility index (Phi) is 4.98. The minimum atomic E-state index is 0.209. The van der Waals surface area contributed by atoms with Gasteiger partial charge in [0, 0.05) is 17.5 Å². The predicted molar refractivity (Wildman–Crippen MR) is 98.0 cm³/mol. The Balaban J connectivity index is 2.15. The summed E-state index contributed by atoms with van der Waals surface area (Å²) < 4.78 is 17.2. The van der Waals surface area contributed by atoms with Gasteiger partial charge in [0.05, 0.1) is 20.8 Å². The number of carbonyl (C=O) groups is 1. The molecule has 0 bridgehead atoms. The fourth-order valence-electron chi connectivity index (χ4n) is 3.25. The molecule has 0 aromatic heterocycles. The number of ether oxygens (including phenoxy) is 3. The first kappa shape index (κ1) is 17.3. The lowest BCUT2D eigenvalue weighted by Gasteiger charge is -2.19. The van der Waals surface area contributed by atoms with E-state index in [-0.39, 0.29) is 5.78 Å². The predicted octanol–water partition coefficient (Wildman–Crippen LogP) is 4.53. The molecule has 25 heavy (non-hydrogen) atoms. The van der Waals surface area contributed by atoms with E-state index in [1.54, 1.807) is 14.2 Å². The van der Waals surface area contributed by atoms with Crippen LogP contribution in [0.1, 0.15) is 36.2 Å². The van der Waals surface area contributed by atoms with Gasteiger partial charge < -0.3 is 14.2 Å². The summed E-state index contributed by atoms with van der Waals surface area (Å²) >= 11 is 0. The zero-order valence-electron chi connectivity index (χ0n) is 15.2. The maximum Gasteiger partial charge on any atom is 0.204 e. The first-order valence-electron chi connectivity index (χ1n) is 8.60.